The molecule has 1 aromatic heterocycles. The van der Waals surface area contributed by atoms with Crippen molar-refractivity contribution in [3.63, 3.8) is 0 Å². The van der Waals surface area contributed by atoms with Crippen LogP contribution in [0.4, 0.5) is 4.39 Å². The Labute approximate surface area is 124 Å². The van der Waals surface area contributed by atoms with Crippen LogP contribution in [0.2, 0.25) is 0 Å². The van der Waals surface area contributed by atoms with Gasteiger partial charge >= 0.3 is 0 Å². The van der Waals surface area contributed by atoms with E-state index in [0.29, 0.717) is 10.0 Å². The van der Waals surface area contributed by atoms with Crippen LogP contribution in [0.5, 0.6) is 0 Å². The molecular weight excluding hydrogens is 321 g/mol. The highest BCUT2D eigenvalue weighted by Crippen LogP contribution is 2.18. The van der Waals surface area contributed by atoms with Crippen molar-refractivity contribution in [2.24, 2.45) is 0 Å². The van der Waals surface area contributed by atoms with Crippen LogP contribution in [0.15, 0.2) is 59.3 Å². The number of benzene rings is 2. The molecule has 0 bridgehead atoms. The number of carbonyl (C=O) groups excluding carboxylic acids is 1. The standard InChI is InChI=1S/C16H11BrFNO/c17-14-6-5-11(15(18)8-14)7-16(20)19-9-12-3-1-2-4-13(12)10-19/h1-6,8-10H,7H2. The van der Waals surface area contributed by atoms with Crippen LogP contribution in [0, 0.1) is 5.82 Å². The summed E-state index contributed by atoms with van der Waals surface area (Å²) in [7, 11) is 0. The maximum atomic E-state index is 13.7. The molecule has 1 heterocycles. The molecule has 0 radical (unpaired) electrons. The number of carbonyl (C=O) groups is 1. The number of nitrogens with zero attached hydrogens (tertiary/aromatic N) is 1. The lowest BCUT2D eigenvalue weighted by atomic mass is 10.1. The summed E-state index contributed by atoms with van der Waals surface area (Å²) in [6.45, 7) is 0. The van der Waals surface area contributed by atoms with Crippen LogP contribution >= 0.6 is 15.9 Å². The molecule has 0 unspecified atom stereocenters. The highest BCUT2D eigenvalue weighted by atomic mass is 79.9. The Morgan fingerprint density at radius 1 is 1.10 bits per heavy atom. The van der Waals surface area contributed by atoms with Crippen LogP contribution in [0.25, 0.3) is 10.8 Å². The van der Waals surface area contributed by atoms with Gasteiger partial charge in [-0.25, -0.2) is 4.39 Å². The maximum Gasteiger partial charge on any atom is 0.235 e. The van der Waals surface area contributed by atoms with Gasteiger partial charge in [-0.3, -0.25) is 9.36 Å². The largest absolute Gasteiger partial charge is 0.293 e. The second kappa shape index (κ2) is 5.21. The zero-order valence-corrected chi connectivity index (χ0v) is 12.1. The van der Waals surface area contributed by atoms with Gasteiger partial charge in [0.2, 0.25) is 5.91 Å². The van der Waals surface area contributed by atoms with E-state index < -0.39 is 0 Å². The number of rotatable bonds is 2. The first-order valence-corrected chi connectivity index (χ1v) is 6.96. The van der Waals surface area contributed by atoms with Gasteiger partial charge in [-0.15, -0.1) is 0 Å². The lowest BCUT2D eigenvalue weighted by molar-refractivity contribution is 0.0913. The van der Waals surface area contributed by atoms with Crippen molar-refractivity contribution in [3.05, 3.63) is 70.7 Å². The molecule has 4 heteroatoms. The lowest BCUT2D eigenvalue weighted by Gasteiger charge is -2.04. The second-order valence-electron chi connectivity index (χ2n) is 4.60. The molecule has 0 N–H and O–H groups in total. The molecule has 0 aliphatic heterocycles. The molecule has 0 atom stereocenters. The maximum absolute atomic E-state index is 13.7. The summed E-state index contributed by atoms with van der Waals surface area (Å²) >= 11 is 3.20. The molecule has 0 aliphatic rings. The quantitative estimate of drug-likeness (QED) is 0.681. The van der Waals surface area contributed by atoms with Crippen LogP contribution in [-0.4, -0.2) is 10.5 Å². The first-order chi connectivity index (χ1) is 9.63. The number of hydrogen-bond donors (Lipinski definition) is 0. The second-order valence-corrected chi connectivity index (χ2v) is 5.52. The predicted octanol–water partition coefficient (Wildman–Crippen LogP) is 4.43. The van der Waals surface area contributed by atoms with Crippen molar-refractivity contribution in [2.75, 3.05) is 0 Å². The Morgan fingerprint density at radius 2 is 1.75 bits per heavy atom. The number of aromatic nitrogens is 1. The fourth-order valence-corrected chi connectivity index (χ4v) is 2.48. The summed E-state index contributed by atoms with van der Waals surface area (Å²) in [5, 5.41) is 1.99. The zero-order valence-electron chi connectivity index (χ0n) is 10.5. The van der Waals surface area contributed by atoms with Gasteiger partial charge in [0.1, 0.15) is 5.82 Å². The minimum absolute atomic E-state index is 0.0418. The average molecular weight is 332 g/mol. The van der Waals surface area contributed by atoms with E-state index in [2.05, 4.69) is 15.9 Å². The van der Waals surface area contributed by atoms with Crippen LogP contribution in [0.1, 0.15) is 10.4 Å². The topological polar surface area (TPSA) is 22.0 Å². The summed E-state index contributed by atoms with van der Waals surface area (Å²) in [5.41, 5.74) is 0.399. The van der Waals surface area contributed by atoms with Gasteiger partial charge in [0, 0.05) is 16.9 Å². The van der Waals surface area contributed by atoms with Crippen molar-refractivity contribution in [2.45, 2.75) is 6.42 Å². The van der Waals surface area contributed by atoms with Gasteiger partial charge in [-0.1, -0.05) is 46.3 Å². The number of fused-ring (bicyclic) bond motifs is 1. The highest BCUT2D eigenvalue weighted by molar-refractivity contribution is 9.10. The van der Waals surface area contributed by atoms with E-state index in [1.54, 1.807) is 24.5 Å². The van der Waals surface area contributed by atoms with Crippen LogP contribution < -0.4 is 0 Å². The van der Waals surface area contributed by atoms with Gasteiger partial charge < -0.3 is 0 Å². The molecule has 0 amide bonds. The minimum Gasteiger partial charge on any atom is -0.293 e. The van der Waals surface area contributed by atoms with E-state index in [9.17, 15) is 9.18 Å². The van der Waals surface area contributed by atoms with Crippen molar-refractivity contribution in [3.8, 4) is 0 Å². The van der Waals surface area contributed by atoms with Crippen molar-refractivity contribution >= 4 is 32.6 Å². The van der Waals surface area contributed by atoms with E-state index in [1.807, 2.05) is 24.3 Å². The third kappa shape index (κ3) is 2.51. The Morgan fingerprint density at radius 3 is 2.35 bits per heavy atom. The normalized spacial score (nSPS) is 10.9. The smallest absolute Gasteiger partial charge is 0.235 e. The fraction of sp³-hybridized carbons (Fsp3) is 0.0625. The summed E-state index contributed by atoms with van der Waals surface area (Å²) in [4.78, 5) is 12.2. The molecule has 3 rings (SSSR count). The molecule has 0 fully saturated rings. The fourth-order valence-electron chi connectivity index (χ4n) is 2.15. The van der Waals surface area contributed by atoms with E-state index in [1.165, 1.54) is 10.6 Å². The average Bonchev–Trinajstić information content (AvgIpc) is 2.86. The zero-order chi connectivity index (χ0) is 14.1. The molecule has 20 heavy (non-hydrogen) atoms. The monoisotopic (exact) mass is 331 g/mol. The first kappa shape index (κ1) is 13.1. The molecule has 2 aromatic carbocycles. The summed E-state index contributed by atoms with van der Waals surface area (Å²) in [6.07, 6.45) is 3.59. The highest BCUT2D eigenvalue weighted by Gasteiger charge is 2.11. The molecule has 2 nitrogen and oxygen atoms in total. The molecule has 0 saturated heterocycles. The predicted molar refractivity (Wildman–Crippen MR) is 80.4 cm³/mol. The Kier molecular flexibility index (Phi) is 3.40. The van der Waals surface area contributed by atoms with Gasteiger partial charge in [0.25, 0.3) is 0 Å². The summed E-state index contributed by atoms with van der Waals surface area (Å²) < 4.78 is 15.9. The van der Waals surface area contributed by atoms with Crippen LogP contribution in [-0.2, 0) is 6.42 Å². The lowest BCUT2D eigenvalue weighted by Crippen LogP contribution is -2.12. The molecule has 0 saturated carbocycles. The first-order valence-electron chi connectivity index (χ1n) is 6.17. The Bertz CT molecular complexity index is 761. The van der Waals surface area contributed by atoms with Gasteiger partial charge in [0.15, 0.2) is 0 Å². The Balaban J connectivity index is 1.89. The summed E-state index contributed by atoms with van der Waals surface area (Å²) in [5.74, 6) is -0.521. The summed E-state index contributed by atoms with van der Waals surface area (Å²) in [6, 6.07) is 12.5. The minimum atomic E-state index is -0.371. The number of halogens is 2. The van der Waals surface area contributed by atoms with E-state index >= 15 is 0 Å². The third-order valence-electron chi connectivity index (χ3n) is 3.20. The van der Waals surface area contributed by atoms with Gasteiger partial charge in [0.05, 0.1) is 6.42 Å². The molecule has 0 aliphatic carbocycles. The van der Waals surface area contributed by atoms with Crippen molar-refractivity contribution in [1.29, 1.82) is 0 Å². The third-order valence-corrected chi connectivity index (χ3v) is 3.69. The van der Waals surface area contributed by atoms with E-state index in [0.717, 1.165) is 10.8 Å². The Hall–Kier alpha value is -1.94. The molecule has 0 spiro atoms. The van der Waals surface area contributed by atoms with Crippen LogP contribution in [0.3, 0.4) is 0 Å². The van der Waals surface area contributed by atoms with Crippen molar-refractivity contribution < 1.29 is 9.18 Å². The van der Waals surface area contributed by atoms with Crippen molar-refractivity contribution in [1.82, 2.24) is 4.57 Å². The molecule has 3 aromatic rings. The molecular formula is C16H11BrFNO. The van der Waals surface area contributed by atoms with E-state index in [4.69, 9.17) is 0 Å². The van der Waals surface area contributed by atoms with Gasteiger partial charge in [-0.2, -0.15) is 0 Å². The van der Waals surface area contributed by atoms with E-state index in [-0.39, 0.29) is 18.1 Å². The SMILES string of the molecule is O=C(Cc1ccc(Br)cc1F)n1cc2ccccc2c1. The molecule has 100 valence electrons. The van der Waals surface area contributed by atoms with Gasteiger partial charge in [-0.05, 0) is 28.5 Å². The number of hydrogen-bond acceptors (Lipinski definition) is 1.